The minimum Gasteiger partial charge on any atom is -0.342 e. The van der Waals surface area contributed by atoms with Crippen LogP contribution < -0.4 is 5.73 Å². The standard InChI is InChI=1S/C11H20N2O/c1-11(2,3)10(14)13-5-7-4-8(6-13)9(7)12/h7-9H,4-6,12H2,1-3H3. The summed E-state index contributed by atoms with van der Waals surface area (Å²) in [6, 6.07) is 0.360. The van der Waals surface area contributed by atoms with Gasteiger partial charge in [-0.1, -0.05) is 20.8 Å². The average molecular weight is 196 g/mol. The number of hydrogen-bond donors (Lipinski definition) is 1. The summed E-state index contributed by atoms with van der Waals surface area (Å²) in [4.78, 5) is 14.0. The first-order chi connectivity index (χ1) is 6.39. The molecule has 2 heterocycles. The van der Waals surface area contributed by atoms with Crippen molar-refractivity contribution < 1.29 is 4.79 Å². The predicted molar refractivity (Wildman–Crippen MR) is 55.6 cm³/mol. The van der Waals surface area contributed by atoms with Gasteiger partial charge in [-0.15, -0.1) is 0 Å². The summed E-state index contributed by atoms with van der Waals surface area (Å²) in [7, 11) is 0. The van der Waals surface area contributed by atoms with E-state index in [2.05, 4.69) is 0 Å². The largest absolute Gasteiger partial charge is 0.342 e. The van der Waals surface area contributed by atoms with Crippen LogP contribution in [0, 0.1) is 17.3 Å². The highest BCUT2D eigenvalue weighted by molar-refractivity contribution is 5.81. The van der Waals surface area contributed by atoms with E-state index in [1.54, 1.807) is 0 Å². The van der Waals surface area contributed by atoms with Crippen LogP contribution >= 0.6 is 0 Å². The van der Waals surface area contributed by atoms with Gasteiger partial charge in [-0.3, -0.25) is 4.79 Å². The van der Waals surface area contributed by atoms with Crippen molar-refractivity contribution in [3.05, 3.63) is 0 Å². The van der Waals surface area contributed by atoms with Crippen molar-refractivity contribution in [3.8, 4) is 0 Å². The minimum absolute atomic E-state index is 0.242. The van der Waals surface area contributed by atoms with Gasteiger partial charge < -0.3 is 10.6 Å². The highest BCUT2D eigenvalue weighted by Crippen LogP contribution is 2.39. The Morgan fingerprint density at radius 2 is 1.79 bits per heavy atom. The summed E-state index contributed by atoms with van der Waals surface area (Å²) in [6.07, 6.45) is 1.23. The summed E-state index contributed by atoms with van der Waals surface area (Å²) >= 11 is 0. The third-order valence-corrected chi connectivity index (χ3v) is 3.53. The van der Waals surface area contributed by atoms with Gasteiger partial charge in [-0.25, -0.2) is 0 Å². The van der Waals surface area contributed by atoms with Crippen molar-refractivity contribution in [1.82, 2.24) is 4.90 Å². The van der Waals surface area contributed by atoms with Gasteiger partial charge in [-0.05, 0) is 18.3 Å². The van der Waals surface area contributed by atoms with Gasteiger partial charge in [0.2, 0.25) is 5.91 Å². The smallest absolute Gasteiger partial charge is 0.227 e. The number of rotatable bonds is 0. The molecule has 3 rings (SSSR count). The molecule has 2 bridgehead atoms. The Bertz CT molecular complexity index is 245. The molecule has 3 nitrogen and oxygen atoms in total. The van der Waals surface area contributed by atoms with Gasteiger partial charge in [0.15, 0.2) is 0 Å². The van der Waals surface area contributed by atoms with Gasteiger partial charge >= 0.3 is 0 Å². The quantitative estimate of drug-likeness (QED) is 0.624. The van der Waals surface area contributed by atoms with Crippen molar-refractivity contribution in [1.29, 1.82) is 0 Å². The van der Waals surface area contributed by atoms with Crippen LogP contribution in [0.25, 0.3) is 0 Å². The van der Waals surface area contributed by atoms with E-state index >= 15 is 0 Å². The Morgan fingerprint density at radius 1 is 1.29 bits per heavy atom. The Kier molecular flexibility index (Phi) is 2.11. The molecule has 3 fully saturated rings. The van der Waals surface area contributed by atoms with Crippen LogP contribution in [-0.4, -0.2) is 29.9 Å². The topological polar surface area (TPSA) is 46.3 Å². The Labute approximate surface area is 85.6 Å². The molecule has 0 aromatic rings. The highest BCUT2D eigenvalue weighted by atomic mass is 16.2. The number of nitrogens with zero attached hydrogens (tertiary/aromatic N) is 1. The monoisotopic (exact) mass is 196 g/mol. The second kappa shape index (κ2) is 2.96. The van der Waals surface area contributed by atoms with Crippen molar-refractivity contribution in [2.24, 2.45) is 23.0 Å². The van der Waals surface area contributed by atoms with Crippen molar-refractivity contribution in [2.45, 2.75) is 33.2 Å². The maximum absolute atomic E-state index is 12.0. The highest BCUT2D eigenvalue weighted by Gasteiger charge is 2.46. The fourth-order valence-electron chi connectivity index (χ4n) is 2.57. The van der Waals surface area contributed by atoms with E-state index in [1.807, 2.05) is 25.7 Å². The molecule has 3 aliphatic rings. The first-order valence-electron chi connectivity index (χ1n) is 5.44. The van der Waals surface area contributed by atoms with E-state index in [0.717, 1.165) is 13.1 Å². The lowest BCUT2D eigenvalue weighted by molar-refractivity contribution is -0.147. The minimum atomic E-state index is -0.242. The molecule has 1 amide bonds. The zero-order valence-corrected chi connectivity index (χ0v) is 9.29. The third kappa shape index (κ3) is 1.44. The van der Waals surface area contributed by atoms with Crippen LogP contribution in [0.5, 0.6) is 0 Å². The molecule has 2 unspecified atom stereocenters. The summed E-state index contributed by atoms with van der Waals surface area (Å²) in [5.74, 6) is 1.42. The second-order valence-corrected chi connectivity index (χ2v) is 5.79. The molecule has 80 valence electrons. The number of piperidine rings is 2. The fourth-order valence-corrected chi connectivity index (χ4v) is 2.57. The molecular formula is C11H20N2O. The molecule has 2 aliphatic heterocycles. The molecule has 2 atom stereocenters. The Hall–Kier alpha value is -0.570. The van der Waals surface area contributed by atoms with E-state index in [9.17, 15) is 4.79 Å². The fraction of sp³-hybridized carbons (Fsp3) is 0.909. The zero-order chi connectivity index (χ0) is 10.5. The van der Waals surface area contributed by atoms with E-state index < -0.39 is 0 Å². The van der Waals surface area contributed by atoms with Crippen LogP contribution in [-0.2, 0) is 4.79 Å². The lowest BCUT2D eigenvalue weighted by atomic mass is 9.66. The summed E-state index contributed by atoms with van der Waals surface area (Å²) in [5.41, 5.74) is 5.72. The SMILES string of the molecule is CC(C)(C)C(=O)N1CC2CC(C1)C2N. The number of fused-ring (bicyclic) bond motifs is 2. The predicted octanol–water partition coefficient (Wildman–Crippen LogP) is 0.838. The van der Waals surface area contributed by atoms with Crippen molar-refractivity contribution in [2.75, 3.05) is 13.1 Å². The lowest BCUT2D eigenvalue weighted by Crippen LogP contribution is -2.64. The van der Waals surface area contributed by atoms with E-state index in [0.29, 0.717) is 17.9 Å². The van der Waals surface area contributed by atoms with Gasteiger partial charge in [0.25, 0.3) is 0 Å². The van der Waals surface area contributed by atoms with Gasteiger partial charge in [0, 0.05) is 24.5 Å². The number of carbonyl (C=O) groups is 1. The molecule has 0 radical (unpaired) electrons. The molecule has 2 saturated heterocycles. The summed E-state index contributed by atoms with van der Waals surface area (Å²) in [5, 5.41) is 0. The van der Waals surface area contributed by atoms with Crippen LogP contribution in [0.1, 0.15) is 27.2 Å². The van der Waals surface area contributed by atoms with Crippen LogP contribution in [0.15, 0.2) is 0 Å². The van der Waals surface area contributed by atoms with Crippen LogP contribution in [0.3, 0.4) is 0 Å². The molecule has 2 N–H and O–H groups in total. The molecule has 0 spiro atoms. The maximum atomic E-state index is 12.0. The number of nitrogens with two attached hydrogens (primary N) is 1. The van der Waals surface area contributed by atoms with E-state index in [-0.39, 0.29) is 11.3 Å². The number of hydrogen-bond acceptors (Lipinski definition) is 2. The summed E-state index contributed by atoms with van der Waals surface area (Å²) in [6.45, 7) is 7.71. The van der Waals surface area contributed by atoms with Crippen molar-refractivity contribution >= 4 is 5.91 Å². The van der Waals surface area contributed by atoms with Crippen LogP contribution in [0.2, 0.25) is 0 Å². The third-order valence-electron chi connectivity index (χ3n) is 3.53. The molecular weight excluding hydrogens is 176 g/mol. The molecule has 14 heavy (non-hydrogen) atoms. The lowest BCUT2D eigenvalue weighted by Gasteiger charge is -2.53. The number of amides is 1. The first kappa shape index (κ1) is 9.97. The number of carbonyl (C=O) groups excluding carboxylic acids is 1. The van der Waals surface area contributed by atoms with Gasteiger partial charge in [0.05, 0.1) is 0 Å². The molecule has 1 aliphatic carbocycles. The van der Waals surface area contributed by atoms with E-state index in [1.165, 1.54) is 6.42 Å². The molecule has 0 aromatic heterocycles. The zero-order valence-electron chi connectivity index (χ0n) is 9.29. The Balaban J connectivity index is 1.99. The van der Waals surface area contributed by atoms with Crippen LogP contribution in [0.4, 0.5) is 0 Å². The van der Waals surface area contributed by atoms with Gasteiger partial charge in [-0.2, -0.15) is 0 Å². The maximum Gasteiger partial charge on any atom is 0.227 e. The molecule has 3 heteroatoms. The van der Waals surface area contributed by atoms with E-state index in [4.69, 9.17) is 5.73 Å². The Morgan fingerprint density at radius 3 is 2.14 bits per heavy atom. The van der Waals surface area contributed by atoms with Crippen molar-refractivity contribution in [3.63, 3.8) is 0 Å². The molecule has 1 saturated carbocycles. The molecule has 0 aromatic carbocycles. The van der Waals surface area contributed by atoms with Gasteiger partial charge in [0.1, 0.15) is 0 Å². The average Bonchev–Trinajstić information content (AvgIpc) is 2.14. The first-order valence-corrected chi connectivity index (χ1v) is 5.44. The second-order valence-electron chi connectivity index (χ2n) is 5.79. The normalized spacial score (nSPS) is 36.6. The summed E-state index contributed by atoms with van der Waals surface area (Å²) < 4.78 is 0.